The number of nitrogens with two attached hydrogens (primary N) is 1. The largest absolute Gasteiger partial charge is 0.401 e. The summed E-state index contributed by atoms with van der Waals surface area (Å²) in [4.78, 5) is 15.0. The van der Waals surface area contributed by atoms with Gasteiger partial charge in [-0.2, -0.15) is 13.2 Å². The summed E-state index contributed by atoms with van der Waals surface area (Å²) in [6.45, 7) is 0.00513. The summed E-state index contributed by atoms with van der Waals surface area (Å²) in [6.07, 6.45) is -1.65. The molecule has 1 aromatic rings. The minimum absolute atomic E-state index is 0.337. The molecule has 1 unspecified atom stereocenters. The van der Waals surface area contributed by atoms with Crippen LogP contribution in [0.1, 0.15) is 12.5 Å². The van der Waals surface area contributed by atoms with Crippen LogP contribution in [0.4, 0.5) is 13.2 Å². The van der Waals surface area contributed by atoms with Crippen molar-refractivity contribution in [3.63, 3.8) is 0 Å². The van der Waals surface area contributed by atoms with Crippen LogP contribution in [0.15, 0.2) is 24.5 Å². The van der Waals surface area contributed by atoms with Crippen LogP contribution < -0.4 is 11.1 Å². The van der Waals surface area contributed by atoms with Gasteiger partial charge in [0.15, 0.2) is 0 Å². The summed E-state index contributed by atoms with van der Waals surface area (Å²) in [5, 5.41) is 2.12. The second-order valence-corrected chi connectivity index (χ2v) is 3.69. The first kappa shape index (κ1) is 13.4. The van der Waals surface area contributed by atoms with E-state index in [0.29, 0.717) is 5.56 Å². The molecule has 4 nitrogen and oxygen atoms in total. The molecule has 0 radical (unpaired) electrons. The van der Waals surface area contributed by atoms with Gasteiger partial charge in [-0.3, -0.25) is 15.1 Å². The van der Waals surface area contributed by atoms with Gasteiger partial charge in [-0.15, -0.1) is 0 Å². The second-order valence-electron chi connectivity index (χ2n) is 3.69. The number of hydrogen-bond acceptors (Lipinski definition) is 3. The van der Waals surface area contributed by atoms with Crippen molar-refractivity contribution in [2.24, 2.45) is 5.73 Å². The van der Waals surface area contributed by atoms with Crippen LogP contribution in [0.3, 0.4) is 0 Å². The van der Waals surface area contributed by atoms with E-state index in [2.05, 4.69) is 10.3 Å². The summed E-state index contributed by atoms with van der Waals surface area (Å²) in [5.41, 5.74) is 3.91. The van der Waals surface area contributed by atoms with Crippen LogP contribution in [0.5, 0.6) is 0 Å². The minimum atomic E-state index is -4.41. The van der Waals surface area contributed by atoms with Gasteiger partial charge in [-0.1, -0.05) is 0 Å². The van der Waals surface area contributed by atoms with Crippen molar-refractivity contribution in [1.82, 2.24) is 10.3 Å². The summed E-state index contributed by atoms with van der Waals surface area (Å²) in [7, 11) is 0. The molecule has 1 amide bonds. The number of aromatic nitrogens is 1. The quantitative estimate of drug-likeness (QED) is 0.831. The van der Waals surface area contributed by atoms with Gasteiger partial charge in [0.1, 0.15) is 5.54 Å². The Kier molecular flexibility index (Phi) is 3.72. The molecule has 0 aliphatic heterocycles. The molecule has 0 saturated heterocycles. The number of halogens is 3. The Labute approximate surface area is 96.0 Å². The van der Waals surface area contributed by atoms with Crippen molar-refractivity contribution >= 4 is 5.91 Å². The topological polar surface area (TPSA) is 68.0 Å². The molecule has 7 heteroatoms. The highest BCUT2D eigenvalue weighted by Gasteiger charge is 2.37. The Morgan fingerprint density at radius 3 is 2.35 bits per heavy atom. The van der Waals surface area contributed by atoms with E-state index in [1.165, 1.54) is 31.5 Å². The van der Waals surface area contributed by atoms with E-state index in [1.54, 1.807) is 0 Å². The van der Waals surface area contributed by atoms with Crippen molar-refractivity contribution in [3.8, 4) is 0 Å². The van der Waals surface area contributed by atoms with E-state index in [-0.39, 0.29) is 0 Å². The lowest BCUT2D eigenvalue weighted by Gasteiger charge is -2.28. The van der Waals surface area contributed by atoms with E-state index < -0.39 is 24.2 Å². The maximum absolute atomic E-state index is 12.1. The van der Waals surface area contributed by atoms with Crippen molar-refractivity contribution in [2.45, 2.75) is 18.6 Å². The van der Waals surface area contributed by atoms with Gasteiger partial charge in [0.25, 0.3) is 0 Å². The van der Waals surface area contributed by atoms with E-state index in [0.717, 1.165) is 0 Å². The molecule has 0 aliphatic carbocycles. The summed E-state index contributed by atoms with van der Waals surface area (Å²) < 4.78 is 36.4. The number of primary amides is 1. The molecule has 3 N–H and O–H groups in total. The van der Waals surface area contributed by atoms with Crippen LogP contribution in [-0.2, 0) is 10.3 Å². The Balaban J connectivity index is 2.95. The molecule has 0 spiro atoms. The third kappa shape index (κ3) is 3.42. The molecule has 1 atom stereocenters. The SMILES string of the molecule is CC(NCC(F)(F)F)(C(N)=O)c1ccncc1. The molecule has 1 heterocycles. The van der Waals surface area contributed by atoms with E-state index in [9.17, 15) is 18.0 Å². The van der Waals surface area contributed by atoms with E-state index >= 15 is 0 Å². The summed E-state index contributed by atoms with van der Waals surface area (Å²) in [5.74, 6) is -0.882. The van der Waals surface area contributed by atoms with Gasteiger partial charge in [-0.25, -0.2) is 0 Å². The molecule has 17 heavy (non-hydrogen) atoms. The fourth-order valence-corrected chi connectivity index (χ4v) is 1.29. The predicted octanol–water partition coefficient (Wildman–Crippen LogP) is 0.934. The monoisotopic (exact) mass is 247 g/mol. The summed E-state index contributed by atoms with van der Waals surface area (Å²) >= 11 is 0. The standard InChI is InChI=1S/C10H12F3N3O/c1-9(8(14)17,16-6-10(11,12)13)7-2-4-15-5-3-7/h2-5,16H,6H2,1H3,(H2,14,17). The molecule has 0 fully saturated rings. The van der Waals surface area contributed by atoms with Crippen LogP contribution >= 0.6 is 0 Å². The zero-order chi connectivity index (χ0) is 13.1. The van der Waals surface area contributed by atoms with Gasteiger partial charge in [0.2, 0.25) is 5.91 Å². The molecular weight excluding hydrogens is 235 g/mol. The van der Waals surface area contributed by atoms with Gasteiger partial charge in [0.05, 0.1) is 6.54 Å². The van der Waals surface area contributed by atoms with Crippen LogP contribution in [0.2, 0.25) is 0 Å². The Morgan fingerprint density at radius 2 is 1.94 bits per heavy atom. The van der Waals surface area contributed by atoms with Gasteiger partial charge in [0, 0.05) is 12.4 Å². The van der Waals surface area contributed by atoms with Gasteiger partial charge < -0.3 is 5.73 Å². The lowest BCUT2D eigenvalue weighted by molar-refractivity contribution is -0.135. The number of amides is 1. The number of carbonyl (C=O) groups excluding carboxylic acids is 1. The lowest BCUT2D eigenvalue weighted by atomic mass is 9.92. The number of rotatable bonds is 4. The molecule has 0 aliphatic rings. The van der Waals surface area contributed by atoms with E-state index in [1.807, 2.05) is 0 Å². The summed E-state index contributed by atoms with van der Waals surface area (Å²) in [6, 6.07) is 2.88. The zero-order valence-electron chi connectivity index (χ0n) is 9.08. The maximum atomic E-state index is 12.1. The van der Waals surface area contributed by atoms with E-state index in [4.69, 9.17) is 5.73 Å². The zero-order valence-corrected chi connectivity index (χ0v) is 9.08. The first-order valence-corrected chi connectivity index (χ1v) is 4.78. The fourth-order valence-electron chi connectivity index (χ4n) is 1.29. The van der Waals surface area contributed by atoms with Crippen LogP contribution in [0, 0.1) is 0 Å². The second kappa shape index (κ2) is 4.70. The predicted molar refractivity (Wildman–Crippen MR) is 54.8 cm³/mol. The molecule has 1 rings (SSSR count). The number of alkyl halides is 3. The Morgan fingerprint density at radius 1 is 1.41 bits per heavy atom. The number of hydrogen-bond donors (Lipinski definition) is 2. The smallest absolute Gasteiger partial charge is 0.368 e. The number of carbonyl (C=O) groups is 1. The molecule has 0 aromatic carbocycles. The first-order chi connectivity index (χ1) is 7.76. The minimum Gasteiger partial charge on any atom is -0.368 e. The van der Waals surface area contributed by atoms with Crippen molar-refractivity contribution in [2.75, 3.05) is 6.54 Å². The van der Waals surface area contributed by atoms with Gasteiger partial charge >= 0.3 is 6.18 Å². The molecule has 94 valence electrons. The number of pyridine rings is 1. The highest BCUT2D eigenvalue weighted by Crippen LogP contribution is 2.22. The Bertz CT molecular complexity index is 394. The van der Waals surface area contributed by atoms with Crippen molar-refractivity contribution < 1.29 is 18.0 Å². The molecule has 0 saturated carbocycles. The maximum Gasteiger partial charge on any atom is 0.401 e. The highest BCUT2D eigenvalue weighted by atomic mass is 19.4. The average Bonchev–Trinajstić information content (AvgIpc) is 2.26. The first-order valence-electron chi connectivity index (χ1n) is 4.78. The average molecular weight is 247 g/mol. The highest BCUT2D eigenvalue weighted by molar-refractivity contribution is 5.85. The van der Waals surface area contributed by atoms with Crippen molar-refractivity contribution in [3.05, 3.63) is 30.1 Å². The normalized spacial score (nSPS) is 15.3. The van der Waals surface area contributed by atoms with Crippen molar-refractivity contribution in [1.29, 1.82) is 0 Å². The van der Waals surface area contributed by atoms with Gasteiger partial charge in [-0.05, 0) is 24.6 Å². The van der Waals surface area contributed by atoms with Crippen LogP contribution in [0.25, 0.3) is 0 Å². The molecule has 1 aromatic heterocycles. The van der Waals surface area contributed by atoms with Crippen LogP contribution in [-0.4, -0.2) is 23.6 Å². The third-order valence-corrected chi connectivity index (χ3v) is 2.39. The third-order valence-electron chi connectivity index (χ3n) is 2.39. The Hall–Kier alpha value is -1.63. The molecule has 0 bridgehead atoms. The molecular formula is C10H12F3N3O. The number of nitrogens with zero attached hydrogens (tertiary/aromatic N) is 1. The number of nitrogens with one attached hydrogen (secondary N) is 1. The fraction of sp³-hybridized carbons (Fsp3) is 0.400. The lowest BCUT2D eigenvalue weighted by Crippen LogP contribution is -2.53.